The van der Waals surface area contributed by atoms with Crippen LogP contribution in [-0.4, -0.2) is 12.8 Å². The Morgan fingerprint density at radius 1 is 1.47 bits per heavy atom. The largest absolute Gasteiger partial charge is 0.455 e. The van der Waals surface area contributed by atoms with Crippen molar-refractivity contribution in [2.45, 2.75) is 0 Å². The van der Waals surface area contributed by atoms with Crippen LogP contribution in [0.2, 0.25) is 0 Å². The van der Waals surface area contributed by atoms with Crippen molar-refractivity contribution >= 4 is 23.0 Å². The molecule has 1 heterocycles. The Labute approximate surface area is 98.1 Å². The summed E-state index contributed by atoms with van der Waals surface area (Å²) in [6.07, 6.45) is 2.05. The molecule has 2 aromatic rings. The number of rotatable bonds is 4. The van der Waals surface area contributed by atoms with E-state index in [0.717, 1.165) is 17.3 Å². The van der Waals surface area contributed by atoms with Crippen LogP contribution < -0.4 is 5.32 Å². The highest BCUT2D eigenvalue weighted by molar-refractivity contribution is 5.82. The Bertz CT molecular complexity index is 572. The predicted molar refractivity (Wildman–Crippen MR) is 63.9 cm³/mol. The zero-order valence-electron chi connectivity index (χ0n) is 9.01. The quantitative estimate of drug-likeness (QED) is 0.640. The number of para-hydroxylation sites is 1. The fraction of sp³-hybridized carbons (Fsp3) is 0.0769. The third-order valence-electron chi connectivity index (χ3n) is 2.28. The molecule has 0 radical (unpaired) electrons. The van der Waals surface area contributed by atoms with Crippen LogP contribution in [0.15, 0.2) is 40.8 Å². The Kier molecular flexibility index (Phi) is 3.22. The Balaban J connectivity index is 2.39. The van der Waals surface area contributed by atoms with Gasteiger partial charge in [0.25, 0.3) is 0 Å². The minimum absolute atomic E-state index is 0.143. The average Bonchev–Trinajstić information content (AvgIpc) is 2.78. The molecule has 0 atom stereocenters. The SMILES string of the molecule is N#CC=C(NCC=O)c1cc2ccccc2o1. The Morgan fingerprint density at radius 2 is 2.29 bits per heavy atom. The summed E-state index contributed by atoms with van der Waals surface area (Å²) in [7, 11) is 0. The molecule has 1 N–H and O–H groups in total. The van der Waals surface area contributed by atoms with Crippen molar-refractivity contribution in [1.82, 2.24) is 5.32 Å². The molecule has 0 amide bonds. The predicted octanol–water partition coefficient (Wildman–Crippen LogP) is 2.09. The molecule has 84 valence electrons. The van der Waals surface area contributed by atoms with E-state index in [1.807, 2.05) is 36.4 Å². The maximum atomic E-state index is 10.3. The summed E-state index contributed by atoms with van der Waals surface area (Å²) in [5.41, 5.74) is 1.26. The summed E-state index contributed by atoms with van der Waals surface area (Å²) in [6.45, 7) is 0.143. The molecule has 4 nitrogen and oxygen atoms in total. The van der Waals surface area contributed by atoms with Gasteiger partial charge in [-0.15, -0.1) is 0 Å². The Morgan fingerprint density at radius 3 is 3.00 bits per heavy atom. The van der Waals surface area contributed by atoms with E-state index in [4.69, 9.17) is 9.68 Å². The third kappa shape index (κ3) is 2.34. The lowest BCUT2D eigenvalue weighted by atomic mass is 10.2. The molecule has 4 heteroatoms. The van der Waals surface area contributed by atoms with Gasteiger partial charge in [-0.1, -0.05) is 18.2 Å². The second-order valence-corrected chi connectivity index (χ2v) is 3.38. The van der Waals surface area contributed by atoms with Crippen LogP contribution in [0.1, 0.15) is 5.76 Å². The average molecular weight is 226 g/mol. The van der Waals surface area contributed by atoms with Crippen LogP contribution in [0.4, 0.5) is 0 Å². The highest BCUT2D eigenvalue weighted by Crippen LogP contribution is 2.22. The first-order valence-corrected chi connectivity index (χ1v) is 5.11. The summed E-state index contributed by atoms with van der Waals surface area (Å²) in [5.74, 6) is 0.551. The number of carbonyl (C=O) groups is 1. The highest BCUT2D eigenvalue weighted by atomic mass is 16.3. The molecule has 0 unspecified atom stereocenters. The zero-order valence-corrected chi connectivity index (χ0v) is 9.01. The number of nitrogens with one attached hydrogen (secondary N) is 1. The topological polar surface area (TPSA) is 66.0 Å². The van der Waals surface area contributed by atoms with Crippen LogP contribution in [-0.2, 0) is 4.79 Å². The number of nitrogens with zero attached hydrogens (tertiary/aromatic N) is 1. The minimum atomic E-state index is 0.143. The van der Waals surface area contributed by atoms with Crippen LogP contribution in [0.5, 0.6) is 0 Å². The summed E-state index contributed by atoms with van der Waals surface area (Å²) in [5, 5.41) is 12.5. The summed E-state index contributed by atoms with van der Waals surface area (Å²) >= 11 is 0. The molecule has 0 aliphatic rings. The van der Waals surface area contributed by atoms with Gasteiger partial charge in [0.1, 0.15) is 11.9 Å². The van der Waals surface area contributed by atoms with E-state index in [-0.39, 0.29) is 6.54 Å². The fourth-order valence-electron chi connectivity index (χ4n) is 1.54. The van der Waals surface area contributed by atoms with Gasteiger partial charge in [-0.05, 0) is 12.1 Å². The number of aldehydes is 1. The van der Waals surface area contributed by atoms with Gasteiger partial charge in [-0.2, -0.15) is 5.26 Å². The van der Waals surface area contributed by atoms with Gasteiger partial charge in [0.2, 0.25) is 0 Å². The van der Waals surface area contributed by atoms with Crippen molar-refractivity contribution in [3.63, 3.8) is 0 Å². The van der Waals surface area contributed by atoms with Gasteiger partial charge in [0.05, 0.1) is 18.3 Å². The van der Waals surface area contributed by atoms with Gasteiger partial charge < -0.3 is 14.5 Å². The lowest BCUT2D eigenvalue weighted by Gasteiger charge is -2.02. The molecule has 1 aromatic carbocycles. The van der Waals surface area contributed by atoms with E-state index in [1.54, 1.807) is 0 Å². The number of hydrogen-bond donors (Lipinski definition) is 1. The van der Waals surface area contributed by atoms with Crippen molar-refractivity contribution in [2.75, 3.05) is 6.54 Å². The molecule has 0 saturated carbocycles. The third-order valence-corrected chi connectivity index (χ3v) is 2.28. The number of allylic oxidation sites excluding steroid dienone is 1. The van der Waals surface area contributed by atoms with E-state index < -0.39 is 0 Å². The van der Waals surface area contributed by atoms with E-state index in [1.165, 1.54) is 6.08 Å². The molecular formula is C13H10N2O2. The fourth-order valence-corrected chi connectivity index (χ4v) is 1.54. The molecular weight excluding hydrogens is 216 g/mol. The van der Waals surface area contributed by atoms with Crippen molar-refractivity contribution in [3.05, 3.63) is 42.2 Å². The second-order valence-electron chi connectivity index (χ2n) is 3.38. The van der Waals surface area contributed by atoms with E-state index in [0.29, 0.717) is 11.5 Å². The lowest BCUT2D eigenvalue weighted by Crippen LogP contribution is -2.14. The van der Waals surface area contributed by atoms with E-state index in [9.17, 15) is 4.79 Å². The highest BCUT2D eigenvalue weighted by Gasteiger charge is 2.07. The van der Waals surface area contributed by atoms with Crippen molar-refractivity contribution in [1.29, 1.82) is 5.26 Å². The first-order chi connectivity index (χ1) is 8.35. The van der Waals surface area contributed by atoms with Gasteiger partial charge in [-0.25, -0.2) is 0 Å². The molecule has 1 aromatic heterocycles. The number of hydrogen-bond acceptors (Lipinski definition) is 4. The standard InChI is InChI=1S/C13H10N2O2/c14-6-5-11(15-7-8-16)13-9-10-3-1-2-4-12(10)17-13/h1-5,8-9,15H,7H2. The summed E-state index contributed by atoms with van der Waals surface area (Å²) < 4.78 is 5.58. The van der Waals surface area contributed by atoms with Crippen LogP contribution in [0.25, 0.3) is 16.7 Å². The van der Waals surface area contributed by atoms with Crippen LogP contribution in [0.3, 0.4) is 0 Å². The van der Waals surface area contributed by atoms with E-state index in [2.05, 4.69) is 5.32 Å². The number of nitriles is 1. The van der Waals surface area contributed by atoms with Crippen LogP contribution in [0, 0.1) is 11.3 Å². The molecule has 0 fully saturated rings. The molecule has 0 saturated heterocycles. The number of fused-ring (bicyclic) bond motifs is 1. The minimum Gasteiger partial charge on any atom is -0.455 e. The second kappa shape index (κ2) is 4.99. The first kappa shape index (κ1) is 11.0. The number of furan rings is 1. The normalized spacial score (nSPS) is 11.1. The van der Waals surface area contributed by atoms with Crippen molar-refractivity contribution in [2.24, 2.45) is 0 Å². The maximum absolute atomic E-state index is 10.3. The molecule has 0 aliphatic heterocycles. The van der Waals surface area contributed by atoms with Crippen molar-refractivity contribution < 1.29 is 9.21 Å². The van der Waals surface area contributed by atoms with Gasteiger partial charge in [0.15, 0.2) is 5.76 Å². The summed E-state index contributed by atoms with van der Waals surface area (Å²) in [6, 6.07) is 11.3. The monoisotopic (exact) mass is 226 g/mol. The molecule has 0 aliphatic carbocycles. The lowest BCUT2D eigenvalue weighted by molar-refractivity contribution is -0.107. The number of carbonyl (C=O) groups excluding carboxylic acids is 1. The van der Waals surface area contributed by atoms with E-state index >= 15 is 0 Å². The Hall–Kier alpha value is -2.54. The first-order valence-electron chi connectivity index (χ1n) is 5.11. The van der Waals surface area contributed by atoms with Crippen molar-refractivity contribution in [3.8, 4) is 6.07 Å². The number of benzene rings is 1. The maximum Gasteiger partial charge on any atom is 0.152 e. The summed E-state index contributed by atoms with van der Waals surface area (Å²) in [4.78, 5) is 10.3. The molecule has 0 bridgehead atoms. The van der Waals surface area contributed by atoms with Gasteiger partial charge in [0, 0.05) is 11.5 Å². The van der Waals surface area contributed by atoms with Gasteiger partial charge in [-0.3, -0.25) is 0 Å². The molecule has 2 rings (SSSR count). The van der Waals surface area contributed by atoms with Gasteiger partial charge >= 0.3 is 0 Å². The molecule has 0 spiro atoms. The smallest absolute Gasteiger partial charge is 0.152 e. The molecule has 17 heavy (non-hydrogen) atoms. The zero-order chi connectivity index (χ0) is 12.1. The van der Waals surface area contributed by atoms with Crippen LogP contribution >= 0.6 is 0 Å².